The SMILES string of the molecule is CCCCC.FC(F)(F)CCC(F)(F)F. The first kappa shape index (κ1) is 17.0. The lowest BCUT2D eigenvalue weighted by Crippen LogP contribution is -2.15. The van der Waals surface area contributed by atoms with Gasteiger partial charge in [-0.05, 0) is 0 Å². The quantitative estimate of drug-likeness (QED) is 0.601. The molecule has 0 aliphatic carbocycles. The first-order chi connectivity index (χ1) is 6.62. The van der Waals surface area contributed by atoms with Gasteiger partial charge in [-0.25, -0.2) is 0 Å². The molecule has 0 aromatic rings. The van der Waals surface area contributed by atoms with Crippen LogP contribution in [-0.2, 0) is 0 Å². The summed E-state index contributed by atoms with van der Waals surface area (Å²) in [6, 6.07) is 0. The van der Waals surface area contributed by atoms with E-state index >= 15 is 0 Å². The second kappa shape index (κ2) is 7.82. The molecule has 0 radical (unpaired) electrons. The molecule has 0 atom stereocenters. The van der Waals surface area contributed by atoms with Crippen LogP contribution in [0.25, 0.3) is 0 Å². The Morgan fingerprint density at radius 2 is 0.933 bits per heavy atom. The highest BCUT2D eigenvalue weighted by Crippen LogP contribution is 2.29. The average Bonchev–Trinajstić information content (AvgIpc) is 2.01. The smallest absolute Gasteiger partial charge is 0.171 e. The van der Waals surface area contributed by atoms with E-state index < -0.39 is 25.2 Å². The molecule has 0 aliphatic heterocycles. The van der Waals surface area contributed by atoms with Crippen molar-refractivity contribution in [1.29, 1.82) is 0 Å². The third kappa shape index (κ3) is 24.7. The molecule has 0 spiro atoms. The predicted molar refractivity (Wildman–Crippen MR) is 46.5 cm³/mol. The summed E-state index contributed by atoms with van der Waals surface area (Å²) in [5.41, 5.74) is 0. The molecule has 0 amide bonds. The number of hydrogen-bond donors (Lipinski definition) is 0. The lowest BCUT2D eigenvalue weighted by Gasteiger charge is -2.07. The van der Waals surface area contributed by atoms with Crippen LogP contribution in [0.1, 0.15) is 46.0 Å². The third-order valence-corrected chi connectivity index (χ3v) is 1.40. The lowest BCUT2D eigenvalue weighted by atomic mass is 10.3. The summed E-state index contributed by atoms with van der Waals surface area (Å²) < 4.78 is 66.5. The lowest BCUT2D eigenvalue weighted by molar-refractivity contribution is -0.183. The number of rotatable bonds is 3. The first-order valence-electron chi connectivity index (χ1n) is 4.76. The molecule has 0 bridgehead atoms. The molecular weight excluding hydrogens is 222 g/mol. The summed E-state index contributed by atoms with van der Waals surface area (Å²) in [4.78, 5) is 0. The Kier molecular flexibility index (Phi) is 8.86. The Bertz CT molecular complexity index is 119. The van der Waals surface area contributed by atoms with E-state index in [1.807, 2.05) is 0 Å². The molecule has 0 saturated heterocycles. The Labute approximate surface area is 85.7 Å². The van der Waals surface area contributed by atoms with Gasteiger partial charge in [0, 0.05) is 0 Å². The van der Waals surface area contributed by atoms with E-state index in [0.29, 0.717) is 0 Å². The largest absolute Gasteiger partial charge is 0.389 e. The van der Waals surface area contributed by atoms with Gasteiger partial charge in [0.25, 0.3) is 0 Å². The van der Waals surface area contributed by atoms with Crippen LogP contribution in [0.3, 0.4) is 0 Å². The van der Waals surface area contributed by atoms with Crippen LogP contribution in [0.4, 0.5) is 26.3 Å². The monoisotopic (exact) mass is 238 g/mol. The topological polar surface area (TPSA) is 0 Å². The molecule has 0 aromatic carbocycles. The summed E-state index contributed by atoms with van der Waals surface area (Å²) in [5.74, 6) is 0. The van der Waals surface area contributed by atoms with Gasteiger partial charge >= 0.3 is 12.4 Å². The Balaban J connectivity index is 0. The molecule has 0 aromatic heterocycles. The van der Waals surface area contributed by atoms with Crippen LogP contribution >= 0.6 is 0 Å². The summed E-state index contributed by atoms with van der Waals surface area (Å²) in [5, 5.41) is 0. The van der Waals surface area contributed by atoms with Crippen molar-refractivity contribution in [2.75, 3.05) is 0 Å². The second-order valence-corrected chi connectivity index (χ2v) is 3.08. The van der Waals surface area contributed by atoms with Crippen molar-refractivity contribution in [3.63, 3.8) is 0 Å². The van der Waals surface area contributed by atoms with Gasteiger partial charge in [-0.2, -0.15) is 26.3 Å². The standard InChI is InChI=1S/C5H12.C4H4F6/c1-3-5-4-2;5-3(6,7)1-2-4(8,9)10/h3-5H2,1-2H3;1-2H2. The van der Waals surface area contributed by atoms with Gasteiger partial charge in [0.2, 0.25) is 0 Å². The van der Waals surface area contributed by atoms with Crippen molar-refractivity contribution >= 4 is 0 Å². The van der Waals surface area contributed by atoms with Crippen molar-refractivity contribution in [2.24, 2.45) is 0 Å². The normalized spacial score (nSPS) is 12.0. The first-order valence-corrected chi connectivity index (χ1v) is 4.76. The van der Waals surface area contributed by atoms with Crippen LogP contribution in [-0.4, -0.2) is 12.4 Å². The minimum absolute atomic E-state index is 1.34. The van der Waals surface area contributed by atoms with E-state index in [2.05, 4.69) is 13.8 Å². The van der Waals surface area contributed by atoms with Gasteiger partial charge in [-0.3, -0.25) is 0 Å². The van der Waals surface area contributed by atoms with E-state index in [9.17, 15) is 26.3 Å². The van der Waals surface area contributed by atoms with E-state index in [0.717, 1.165) is 0 Å². The van der Waals surface area contributed by atoms with Crippen molar-refractivity contribution in [3.05, 3.63) is 0 Å². The molecule has 0 heterocycles. The summed E-state index contributed by atoms with van der Waals surface area (Å²) in [6.07, 6.45) is -8.94. The number of alkyl halides is 6. The van der Waals surface area contributed by atoms with Crippen LogP contribution in [0.2, 0.25) is 0 Å². The third-order valence-electron chi connectivity index (χ3n) is 1.40. The van der Waals surface area contributed by atoms with Crippen molar-refractivity contribution in [3.8, 4) is 0 Å². The fourth-order valence-electron chi connectivity index (χ4n) is 0.637. The maximum absolute atomic E-state index is 11.1. The minimum Gasteiger partial charge on any atom is -0.171 e. The zero-order chi connectivity index (χ0) is 12.5. The summed E-state index contributed by atoms with van der Waals surface area (Å²) >= 11 is 0. The second-order valence-electron chi connectivity index (χ2n) is 3.08. The van der Waals surface area contributed by atoms with Crippen LogP contribution in [0.5, 0.6) is 0 Å². The number of hydrogen-bond acceptors (Lipinski definition) is 0. The van der Waals surface area contributed by atoms with Gasteiger partial charge in [0.15, 0.2) is 0 Å². The van der Waals surface area contributed by atoms with Crippen LogP contribution in [0, 0.1) is 0 Å². The van der Waals surface area contributed by atoms with Crippen LogP contribution in [0.15, 0.2) is 0 Å². The average molecular weight is 238 g/mol. The maximum Gasteiger partial charge on any atom is 0.389 e. The fourth-order valence-corrected chi connectivity index (χ4v) is 0.637. The molecule has 0 unspecified atom stereocenters. The molecule has 6 heteroatoms. The Morgan fingerprint density at radius 3 is 1.00 bits per heavy atom. The van der Waals surface area contributed by atoms with Gasteiger partial charge in [0.05, 0.1) is 12.8 Å². The van der Waals surface area contributed by atoms with Crippen LogP contribution < -0.4 is 0 Å². The zero-order valence-corrected chi connectivity index (χ0v) is 8.80. The molecule has 0 saturated carbocycles. The van der Waals surface area contributed by atoms with Crippen molar-refractivity contribution < 1.29 is 26.3 Å². The Hall–Kier alpha value is -0.420. The molecule has 0 N–H and O–H groups in total. The molecule has 0 fully saturated rings. The highest BCUT2D eigenvalue weighted by molar-refractivity contribution is 4.56. The summed E-state index contributed by atoms with van der Waals surface area (Å²) in [6.45, 7) is 4.42. The zero-order valence-electron chi connectivity index (χ0n) is 8.80. The van der Waals surface area contributed by atoms with E-state index in [1.165, 1.54) is 19.3 Å². The highest BCUT2D eigenvalue weighted by Gasteiger charge is 2.36. The van der Waals surface area contributed by atoms with Gasteiger partial charge in [0.1, 0.15) is 0 Å². The van der Waals surface area contributed by atoms with Crippen molar-refractivity contribution in [1.82, 2.24) is 0 Å². The number of unbranched alkanes of at least 4 members (excludes halogenated alkanes) is 2. The van der Waals surface area contributed by atoms with E-state index in [-0.39, 0.29) is 0 Å². The summed E-state index contributed by atoms with van der Waals surface area (Å²) in [7, 11) is 0. The van der Waals surface area contributed by atoms with E-state index in [1.54, 1.807) is 0 Å². The Morgan fingerprint density at radius 1 is 0.667 bits per heavy atom. The van der Waals surface area contributed by atoms with E-state index in [4.69, 9.17) is 0 Å². The maximum atomic E-state index is 11.1. The number of halogens is 6. The van der Waals surface area contributed by atoms with Gasteiger partial charge in [-0.15, -0.1) is 0 Å². The predicted octanol–water partition coefficient (Wildman–Crippen LogP) is 5.09. The molecule has 0 aliphatic rings. The van der Waals surface area contributed by atoms with Gasteiger partial charge in [-0.1, -0.05) is 33.1 Å². The highest BCUT2D eigenvalue weighted by atomic mass is 19.4. The molecular formula is C9H16F6. The van der Waals surface area contributed by atoms with Crippen molar-refractivity contribution in [2.45, 2.75) is 58.3 Å². The molecule has 0 nitrogen and oxygen atoms in total. The van der Waals surface area contributed by atoms with Gasteiger partial charge < -0.3 is 0 Å². The molecule has 94 valence electrons. The molecule has 0 rings (SSSR count). The molecule has 15 heavy (non-hydrogen) atoms. The fraction of sp³-hybridized carbons (Fsp3) is 1.00. The minimum atomic E-state index is -4.71.